The Kier molecular flexibility index (Phi) is 7.56. The maximum atomic E-state index is 6.87. The van der Waals surface area contributed by atoms with Gasteiger partial charge in [-0.25, -0.2) is 0 Å². The topological polar surface area (TPSA) is 38.0 Å². The van der Waals surface area contributed by atoms with Gasteiger partial charge in [0.25, 0.3) is 0 Å². The van der Waals surface area contributed by atoms with Gasteiger partial charge in [0.2, 0.25) is 0 Å². The molecule has 2 nitrogen and oxygen atoms in total. The van der Waals surface area contributed by atoms with E-state index >= 15 is 0 Å². The van der Waals surface area contributed by atoms with E-state index in [9.17, 15) is 0 Å². The summed E-state index contributed by atoms with van der Waals surface area (Å²) in [6.45, 7) is 4.72. The van der Waals surface area contributed by atoms with E-state index in [2.05, 4.69) is 171 Å². The van der Waals surface area contributed by atoms with Gasteiger partial charge in [0, 0.05) is 11.1 Å². The van der Waals surface area contributed by atoms with E-state index < -0.39 is 0 Å². The molecule has 1 aliphatic rings. The molecule has 0 aromatic heterocycles. The molecule has 8 aromatic carbocycles. The molecule has 0 saturated heterocycles. The summed E-state index contributed by atoms with van der Waals surface area (Å²) in [4.78, 5) is 0. The Balaban J connectivity index is 1.17. The lowest BCUT2D eigenvalue weighted by atomic mass is 9.81. The van der Waals surface area contributed by atoms with E-state index in [1.54, 1.807) is 0 Å². The zero-order chi connectivity index (χ0) is 34.5. The van der Waals surface area contributed by atoms with E-state index in [0.29, 0.717) is 0 Å². The molecule has 2 heteroatoms. The van der Waals surface area contributed by atoms with Crippen LogP contribution in [-0.2, 0) is 11.8 Å². The van der Waals surface area contributed by atoms with Crippen molar-refractivity contribution in [3.05, 3.63) is 198 Å². The summed E-state index contributed by atoms with van der Waals surface area (Å²) in [6.07, 6.45) is 2.71. The number of allylic oxidation sites excluding steroid dienone is 1. The second-order valence-electron chi connectivity index (χ2n) is 14.3. The van der Waals surface area contributed by atoms with Gasteiger partial charge >= 0.3 is 0 Å². The fraction of sp³-hybridized carbons (Fsp3) is 0.102. The number of hydrogen-bond acceptors (Lipinski definition) is 2. The highest BCUT2D eigenvalue weighted by Crippen LogP contribution is 2.53. The summed E-state index contributed by atoms with van der Waals surface area (Å²) in [5.41, 5.74) is 19.1. The van der Waals surface area contributed by atoms with Crippen molar-refractivity contribution in [2.24, 2.45) is 5.73 Å². The van der Waals surface area contributed by atoms with Crippen LogP contribution in [-0.4, -0.2) is 0 Å². The third-order valence-electron chi connectivity index (χ3n) is 10.9. The molecule has 1 aliphatic carbocycles. The second kappa shape index (κ2) is 12.4. The Morgan fingerprint density at radius 1 is 0.608 bits per heavy atom. The van der Waals surface area contributed by atoms with Crippen LogP contribution in [0.15, 0.2) is 170 Å². The molecule has 246 valence electrons. The van der Waals surface area contributed by atoms with Crippen molar-refractivity contribution in [3.63, 3.8) is 0 Å². The molecule has 9 rings (SSSR count). The molecule has 0 radical (unpaired) electrons. The molecule has 0 aliphatic heterocycles. The predicted molar refractivity (Wildman–Crippen MR) is 217 cm³/mol. The number of hydrogen-bond donors (Lipinski definition) is 2. The molecule has 8 aromatic rings. The molecule has 0 spiro atoms. The standard InChI is InChI=1S/C49H40N2/c1-49(2)43-24-12-23-41(47(43)42-30-36-16-6-7-17-37(36)31-44(42)49)38-20-11-21-39(29-38)45(51-48(50)35-14-4-3-5-15-35)28-27-34-19-10-18-33-26-25-32-13-8-9-22-40(32)46(33)34/h3-26,28-31,48,51H,27,50H2,1-2H3/b45-28-. The summed E-state index contributed by atoms with van der Waals surface area (Å²) in [7, 11) is 0. The van der Waals surface area contributed by atoms with Crippen LogP contribution >= 0.6 is 0 Å². The van der Waals surface area contributed by atoms with Crippen molar-refractivity contribution in [2.75, 3.05) is 0 Å². The van der Waals surface area contributed by atoms with Crippen LogP contribution in [0.3, 0.4) is 0 Å². The first-order valence-electron chi connectivity index (χ1n) is 17.9. The van der Waals surface area contributed by atoms with Gasteiger partial charge in [-0.1, -0.05) is 166 Å². The van der Waals surface area contributed by atoms with Crippen molar-refractivity contribution < 1.29 is 0 Å². The highest BCUT2D eigenvalue weighted by molar-refractivity contribution is 6.09. The Hall–Kier alpha value is -5.96. The number of benzene rings is 8. The number of fused-ring (bicyclic) bond motifs is 7. The highest BCUT2D eigenvalue weighted by atomic mass is 15.0. The Morgan fingerprint density at radius 3 is 2.14 bits per heavy atom. The first-order chi connectivity index (χ1) is 25.0. The molecular weight excluding hydrogens is 617 g/mol. The highest BCUT2D eigenvalue weighted by Gasteiger charge is 2.37. The molecule has 0 heterocycles. The van der Waals surface area contributed by atoms with E-state index in [4.69, 9.17) is 5.73 Å². The van der Waals surface area contributed by atoms with E-state index in [0.717, 1.165) is 23.2 Å². The van der Waals surface area contributed by atoms with Gasteiger partial charge in [0.1, 0.15) is 6.17 Å². The smallest absolute Gasteiger partial charge is 0.101 e. The van der Waals surface area contributed by atoms with E-state index in [1.165, 1.54) is 71.3 Å². The molecule has 1 atom stereocenters. The summed E-state index contributed by atoms with van der Waals surface area (Å²) >= 11 is 0. The summed E-state index contributed by atoms with van der Waals surface area (Å²) in [5.74, 6) is 0. The molecule has 0 saturated carbocycles. The zero-order valence-corrected chi connectivity index (χ0v) is 29.0. The third kappa shape index (κ3) is 5.40. The fourth-order valence-corrected chi connectivity index (χ4v) is 8.26. The van der Waals surface area contributed by atoms with Crippen molar-refractivity contribution in [1.82, 2.24) is 5.32 Å². The number of nitrogens with two attached hydrogens (primary N) is 1. The second-order valence-corrected chi connectivity index (χ2v) is 14.3. The maximum absolute atomic E-state index is 6.87. The minimum Gasteiger partial charge on any atom is -0.366 e. The summed E-state index contributed by atoms with van der Waals surface area (Å²) in [6, 6.07) is 59.3. The monoisotopic (exact) mass is 656 g/mol. The van der Waals surface area contributed by atoms with Gasteiger partial charge in [-0.05, 0) is 107 Å². The number of nitrogens with one attached hydrogen (secondary N) is 1. The lowest BCUT2D eigenvalue weighted by Gasteiger charge is -2.22. The molecule has 3 N–H and O–H groups in total. The van der Waals surface area contributed by atoms with Crippen molar-refractivity contribution in [2.45, 2.75) is 31.8 Å². The maximum Gasteiger partial charge on any atom is 0.101 e. The van der Waals surface area contributed by atoms with Gasteiger partial charge in [-0.2, -0.15) is 0 Å². The lowest BCUT2D eigenvalue weighted by molar-refractivity contribution is 0.661. The van der Waals surface area contributed by atoms with Gasteiger partial charge in [0.15, 0.2) is 0 Å². The molecule has 1 unspecified atom stereocenters. The zero-order valence-electron chi connectivity index (χ0n) is 29.0. The van der Waals surface area contributed by atoms with Crippen LogP contribution in [0.5, 0.6) is 0 Å². The first-order valence-corrected chi connectivity index (χ1v) is 17.9. The van der Waals surface area contributed by atoms with Gasteiger partial charge < -0.3 is 11.1 Å². The summed E-state index contributed by atoms with van der Waals surface area (Å²) < 4.78 is 0. The van der Waals surface area contributed by atoms with Crippen molar-refractivity contribution >= 4 is 38.0 Å². The van der Waals surface area contributed by atoms with Crippen LogP contribution in [0.4, 0.5) is 0 Å². The lowest BCUT2D eigenvalue weighted by Crippen LogP contribution is -2.27. The van der Waals surface area contributed by atoms with Crippen molar-refractivity contribution in [3.8, 4) is 22.3 Å². The Labute approximate surface area is 299 Å². The largest absolute Gasteiger partial charge is 0.366 e. The summed E-state index contributed by atoms with van der Waals surface area (Å²) in [5, 5.41) is 11.4. The molecule has 0 amide bonds. The van der Waals surface area contributed by atoms with Crippen LogP contribution in [0, 0.1) is 0 Å². The van der Waals surface area contributed by atoms with Crippen LogP contribution in [0.2, 0.25) is 0 Å². The predicted octanol–water partition coefficient (Wildman–Crippen LogP) is 12.0. The van der Waals surface area contributed by atoms with Crippen molar-refractivity contribution in [1.29, 1.82) is 0 Å². The molecule has 0 fully saturated rings. The molecule has 51 heavy (non-hydrogen) atoms. The van der Waals surface area contributed by atoms with Gasteiger partial charge in [-0.3, -0.25) is 0 Å². The van der Waals surface area contributed by atoms with E-state index in [1.807, 2.05) is 18.2 Å². The van der Waals surface area contributed by atoms with Crippen LogP contribution in [0.1, 0.15) is 47.8 Å². The van der Waals surface area contributed by atoms with Crippen LogP contribution < -0.4 is 11.1 Å². The van der Waals surface area contributed by atoms with E-state index in [-0.39, 0.29) is 11.6 Å². The Bertz CT molecular complexity index is 2630. The average molecular weight is 657 g/mol. The third-order valence-corrected chi connectivity index (χ3v) is 10.9. The van der Waals surface area contributed by atoms with Gasteiger partial charge in [0.05, 0.1) is 0 Å². The van der Waals surface area contributed by atoms with Gasteiger partial charge in [-0.15, -0.1) is 0 Å². The normalized spacial score (nSPS) is 14.1. The number of rotatable bonds is 7. The minimum absolute atomic E-state index is 0.0972. The first kappa shape index (κ1) is 31.1. The minimum atomic E-state index is -0.364. The Morgan fingerprint density at radius 2 is 1.29 bits per heavy atom. The van der Waals surface area contributed by atoms with Crippen LogP contribution in [0.25, 0.3) is 60.3 Å². The molecule has 0 bridgehead atoms. The average Bonchev–Trinajstić information content (AvgIpc) is 3.40. The molecular formula is C49H40N2. The fourth-order valence-electron chi connectivity index (χ4n) is 8.26. The SMILES string of the molecule is CC1(C)c2cc3ccccc3cc2-c2c(-c3cccc(/C(=C/Cc4cccc5ccc6ccccc6c45)NC(N)c4ccccc4)c3)cccc21. The quantitative estimate of drug-likeness (QED) is 0.132.